The van der Waals surface area contributed by atoms with Crippen molar-refractivity contribution in [1.29, 1.82) is 5.26 Å². The van der Waals surface area contributed by atoms with E-state index in [4.69, 9.17) is 11.0 Å². The number of nitriles is 1. The third-order valence-corrected chi connectivity index (χ3v) is 3.59. The summed E-state index contributed by atoms with van der Waals surface area (Å²) in [5.41, 5.74) is 6.50. The molecule has 0 bridgehead atoms. The van der Waals surface area contributed by atoms with E-state index in [1.165, 1.54) is 0 Å². The molecule has 13 heavy (non-hydrogen) atoms. The normalized spacial score (nSPS) is 12.4. The lowest BCUT2D eigenvalue weighted by Gasteiger charge is -1.99. The third-order valence-electron chi connectivity index (χ3n) is 1.42. The Morgan fingerprint density at radius 1 is 1.85 bits per heavy atom. The molecule has 1 atom stereocenters. The molecule has 5 heteroatoms. The van der Waals surface area contributed by atoms with Gasteiger partial charge in [-0.15, -0.1) is 11.3 Å². The van der Waals surface area contributed by atoms with Crippen LogP contribution >= 0.6 is 23.1 Å². The first kappa shape index (κ1) is 10.5. The second-order valence-corrected chi connectivity index (χ2v) is 4.83. The fourth-order valence-electron chi connectivity index (χ4n) is 0.736. The van der Waals surface area contributed by atoms with Gasteiger partial charge in [-0.1, -0.05) is 11.8 Å². The first-order valence-corrected chi connectivity index (χ1v) is 5.79. The minimum Gasteiger partial charge on any atom is -0.316 e. The fourth-order valence-corrected chi connectivity index (χ4v) is 2.68. The molecule has 0 saturated carbocycles. The second-order valence-electron chi connectivity index (χ2n) is 2.63. The Hall–Kier alpha value is -0.570. The summed E-state index contributed by atoms with van der Waals surface area (Å²) < 4.78 is 1.06. The van der Waals surface area contributed by atoms with E-state index in [1.807, 2.05) is 18.4 Å². The molecule has 0 aliphatic heterocycles. The van der Waals surface area contributed by atoms with Crippen LogP contribution in [-0.2, 0) is 0 Å². The lowest BCUT2D eigenvalue weighted by atomic mass is 10.3. The Kier molecular flexibility index (Phi) is 4.22. The molecule has 0 saturated heterocycles. The van der Waals surface area contributed by atoms with E-state index in [9.17, 15) is 0 Å². The maximum Gasteiger partial charge on any atom is 0.150 e. The van der Waals surface area contributed by atoms with Gasteiger partial charge in [-0.25, -0.2) is 4.98 Å². The van der Waals surface area contributed by atoms with E-state index in [1.54, 1.807) is 23.1 Å². The predicted molar refractivity (Wildman–Crippen MR) is 55.8 cm³/mol. The molecule has 0 spiro atoms. The van der Waals surface area contributed by atoms with Crippen molar-refractivity contribution in [2.24, 2.45) is 5.73 Å². The van der Waals surface area contributed by atoms with Crippen LogP contribution < -0.4 is 5.73 Å². The van der Waals surface area contributed by atoms with Crippen LogP contribution in [0, 0.1) is 18.3 Å². The van der Waals surface area contributed by atoms with Crippen molar-refractivity contribution in [2.75, 3.05) is 5.75 Å². The highest BCUT2D eigenvalue weighted by molar-refractivity contribution is 8.01. The SMILES string of the molecule is Cc1csc(SCCC(N)C#N)n1. The zero-order valence-electron chi connectivity index (χ0n) is 7.36. The minimum absolute atomic E-state index is 0.339. The first-order valence-electron chi connectivity index (χ1n) is 3.92. The van der Waals surface area contributed by atoms with Crippen LogP contribution in [0.5, 0.6) is 0 Å². The Morgan fingerprint density at radius 2 is 2.62 bits per heavy atom. The summed E-state index contributed by atoms with van der Waals surface area (Å²) in [5.74, 6) is 0.863. The Morgan fingerprint density at radius 3 is 3.15 bits per heavy atom. The molecule has 0 aliphatic carbocycles. The molecule has 1 rings (SSSR count). The number of hydrogen-bond donors (Lipinski definition) is 1. The second kappa shape index (κ2) is 5.22. The molecule has 70 valence electrons. The van der Waals surface area contributed by atoms with Crippen molar-refractivity contribution in [3.05, 3.63) is 11.1 Å². The van der Waals surface area contributed by atoms with Crippen LogP contribution in [0.3, 0.4) is 0 Å². The van der Waals surface area contributed by atoms with Crippen LogP contribution in [0.4, 0.5) is 0 Å². The van der Waals surface area contributed by atoms with Gasteiger partial charge in [0.25, 0.3) is 0 Å². The van der Waals surface area contributed by atoms with E-state index in [0.717, 1.165) is 22.2 Å². The van der Waals surface area contributed by atoms with Crippen molar-refractivity contribution in [2.45, 2.75) is 23.7 Å². The number of hydrogen-bond acceptors (Lipinski definition) is 5. The van der Waals surface area contributed by atoms with Gasteiger partial charge in [0, 0.05) is 16.8 Å². The van der Waals surface area contributed by atoms with E-state index in [0.29, 0.717) is 0 Å². The van der Waals surface area contributed by atoms with Gasteiger partial charge >= 0.3 is 0 Å². The van der Waals surface area contributed by atoms with E-state index in [-0.39, 0.29) is 6.04 Å². The molecule has 0 amide bonds. The van der Waals surface area contributed by atoms with Gasteiger partial charge in [0.2, 0.25) is 0 Å². The highest BCUT2D eigenvalue weighted by atomic mass is 32.2. The van der Waals surface area contributed by atoms with E-state index < -0.39 is 0 Å². The van der Waals surface area contributed by atoms with Crippen molar-refractivity contribution >= 4 is 23.1 Å². The molecular weight excluding hydrogens is 202 g/mol. The van der Waals surface area contributed by atoms with Crippen LogP contribution in [-0.4, -0.2) is 16.8 Å². The van der Waals surface area contributed by atoms with Gasteiger partial charge < -0.3 is 5.73 Å². The summed E-state index contributed by atoms with van der Waals surface area (Å²) in [6, 6.07) is 1.66. The van der Waals surface area contributed by atoms with Gasteiger partial charge in [0.15, 0.2) is 0 Å². The van der Waals surface area contributed by atoms with Gasteiger partial charge in [-0.3, -0.25) is 0 Å². The van der Waals surface area contributed by atoms with E-state index in [2.05, 4.69) is 4.98 Å². The maximum atomic E-state index is 8.44. The number of thioether (sulfide) groups is 1. The quantitative estimate of drug-likeness (QED) is 0.774. The van der Waals surface area contributed by atoms with Gasteiger partial charge in [0.05, 0.1) is 12.1 Å². The number of aryl methyl sites for hydroxylation is 1. The smallest absolute Gasteiger partial charge is 0.150 e. The molecule has 1 aromatic heterocycles. The topological polar surface area (TPSA) is 62.7 Å². The largest absolute Gasteiger partial charge is 0.316 e. The number of nitrogens with two attached hydrogens (primary N) is 1. The van der Waals surface area contributed by atoms with Gasteiger partial charge in [0.1, 0.15) is 4.34 Å². The van der Waals surface area contributed by atoms with Crippen LogP contribution in [0.2, 0.25) is 0 Å². The Bertz CT molecular complexity index is 303. The highest BCUT2D eigenvalue weighted by Crippen LogP contribution is 2.22. The first-order chi connectivity index (χ1) is 6.22. The number of nitrogens with zero attached hydrogens (tertiary/aromatic N) is 2. The molecule has 1 unspecified atom stereocenters. The molecular formula is C8H11N3S2. The van der Waals surface area contributed by atoms with Gasteiger partial charge in [-0.2, -0.15) is 5.26 Å². The van der Waals surface area contributed by atoms with Crippen molar-refractivity contribution in [3.63, 3.8) is 0 Å². The molecule has 1 aromatic rings. The lowest BCUT2D eigenvalue weighted by molar-refractivity contribution is 0.803. The van der Waals surface area contributed by atoms with Gasteiger partial charge in [-0.05, 0) is 13.3 Å². The zero-order chi connectivity index (χ0) is 9.68. The lowest BCUT2D eigenvalue weighted by Crippen LogP contribution is -2.17. The average molecular weight is 213 g/mol. The summed E-state index contributed by atoms with van der Waals surface area (Å²) in [5, 5.41) is 10.5. The van der Waals surface area contributed by atoms with Crippen LogP contribution in [0.25, 0.3) is 0 Å². The van der Waals surface area contributed by atoms with Crippen molar-refractivity contribution < 1.29 is 0 Å². The van der Waals surface area contributed by atoms with E-state index >= 15 is 0 Å². The van der Waals surface area contributed by atoms with Crippen LogP contribution in [0.15, 0.2) is 9.72 Å². The van der Waals surface area contributed by atoms with Crippen molar-refractivity contribution in [3.8, 4) is 6.07 Å². The minimum atomic E-state index is -0.339. The summed E-state index contributed by atoms with van der Waals surface area (Å²) in [6.45, 7) is 1.97. The summed E-state index contributed by atoms with van der Waals surface area (Å²) in [4.78, 5) is 4.29. The summed E-state index contributed by atoms with van der Waals surface area (Å²) in [6.07, 6.45) is 0.722. The van der Waals surface area contributed by atoms with Crippen molar-refractivity contribution in [1.82, 2.24) is 4.98 Å². The maximum absolute atomic E-state index is 8.44. The summed E-state index contributed by atoms with van der Waals surface area (Å²) in [7, 11) is 0. The Balaban J connectivity index is 2.25. The molecule has 1 heterocycles. The van der Waals surface area contributed by atoms with Crippen LogP contribution in [0.1, 0.15) is 12.1 Å². The molecule has 0 aliphatic rings. The molecule has 0 aromatic carbocycles. The monoisotopic (exact) mass is 213 g/mol. The molecule has 3 nitrogen and oxygen atoms in total. The number of rotatable bonds is 4. The highest BCUT2D eigenvalue weighted by Gasteiger charge is 2.02. The third kappa shape index (κ3) is 3.77. The number of thiazole rings is 1. The average Bonchev–Trinajstić information content (AvgIpc) is 2.51. The fraction of sp³-hybridized carbons (Fsp3) is 0.500. The zero-order valence-corrected chi connectivity index (χ0v) is 8.99. The Labute approximate surface area is 86.0 Å². The predicted octanol–water partition coefficient (Wildman–Crippen LogP) is 1.78. The standard InChI is InChI=1S/C8H11N3S2/c1-6-5-13-8(11-6)12-3-2-7(10)4-9/h5,7H,2-3,10H2,1H3. The molecule has 0 radical (unpaired) electrons. The molecule has 2 N–H and O–H groups in total. The molecule has 0 fully saturated rings. The summed E-state index contributed by atoms with van der Waals surface area (Å²) >= 11 is 3.30. The number of aromatic nitrogens is 1.